The molecule has 100 valence electrons. The summed E-state index contributed by atoms with van der Waals surface area (Å²) in [6, 6.07) is -0.209. The second kappa shape index (κ2) is 5.62. The molecule has 0 aromatic carbocycles. The Bertz CT molecular complexity index is 421. The van der Waals surface area contributed by atoms with Gasteiger partial charge in [0.2, 0.25) is 5.13 Å². The zero-order valence-corrected chi connectivity index (χ0v) is 11.4. The minimum Gasteiger partial charge on any atom is -0.391 e. The third-order valence-electron chi connectivity index (χ3n) is 2.71. The number of urea groups is 1. The molecule has 2 amide bonds. The van der Waals surface area contributed by atoms with Crippen molar-refractivity contribution in [3.05, 3.63) is 5.01 Å². The van der Waals surface area contributed by atoms with Gasteiger partial charge in [-0.15, -0.1) is 10.2 Å². The first-order chi connectivity index (χ1) is 8.54. The van der Waals surface area contributed by atoms with Crippen molar-refractivity contribution in [1.29, 1.82) is 0 Å². The van der Waals surface area contributed by atoms with Gasteiger partial charge in [-0.2, -0.15) is 0 Å². The number of likely N-dealkylation sites (tertiary alicyclic amines) is 1. The van der Waals surface area contributed by atoms with Crippen molar-refractivity contribution in [2.75, 3.05) is 18.4 Å². The maximum absolute atomic E-state index is 11.8. The molecule has 2 rings (SSSR count). The minimum atomic E-state index is -0.401. The van der Waals surface area contributed by atoms with Crippen LogP contribution in [0.25, 0.3) is 0 Å². The van der Waals surface area contributed by atoms with E-state index in [2.05, 4.69) is 29.4 Å². The van der Waals surface area contributed by atoms with Gasteiger partial charge in [-0.05, 0) is 12.3 Å². The van der Waals surface area contributed by atoms with Crippen LogP contribution in [0.4, 0.5) is 9.93 Å². The second-order valence-corrected chi connectivity index (χ2v) is 5.98. The van der Waals surface area contributed by atoms with Gasteiger partial charge in [-0.1, -0.05) is 25.2 Å². The summed E-state index contributed by atoms with van der Waals surface area (Å²) in [5.74, 6) is 0.523. The fourth-order valence-electron chi connectivity index (χ4n) is 1.83. The van der Waals surface area contributed by atoms with Crippen molar-refractivity contribution in [3.63, 3.8) is 0 Å². The summed E-state index contributed by atoms with van der Waals surface area (Å²) in [4.78, 5) is 13.4. The highest BCUT2D eigenvalue weighted by atomic mass is 32.1. The van der Waals surface area contributed by atoms with Crippen LogP contribution in [-0.2, 0) is 6.42 Å². The molecule has 1 atom stereocenters. The monoisotopic (exact) mass is 270 g/mol. The first kappa shape index (κ1) is 13.2. The standard InChI is InChI=1S/C11H18N4O2S/c1-7(2)5-9-13-14-10(18-9)12-11(17)15-4-3-8(16)6-15/h7-8,16H,3-6H2,1-2H3,(H,12,14,17)/t8-/m0/s1. The molecule has 1 aliphatic heterocycles. The lowest BCUT2D eigenvalue weighted by Crippen LogP contribution is -2.33. The average Bonchev–Trinajstić information content (AvgIpc) is 2.87. The normalized spacial score (nSPS) is 19.6. The van der Waals surface area contributed by atoms with Crippen molar-refractivity contribution in [1.82, 2.24) is 15.1 Å². The molecular formula is C11H18N4O2S. The number of amides is 2. The first-order valence-electron chi connectivity index (χ1n) is 6.11. The molecule has 2 heterocycles. The Balaban J connectivity index is 1.89. The van der Waals surface area contributed by atoms with Crippen molar-refractivity contribution in [3.8, 4) is 0 Å². The summed E-state index contributed by atoms with van der Waals surface area (Å²) in [6.45, 7) is 5.21. The lowest BCUT2D eigenvalue weighted by Gasteiger charge is -2.14. The maximum atomic E-state index is 11.8. The summed E-state index contributed by atoms with van der Waals surface area (Å²) in [7, 11) is 0. The zero-order chi connectivity index (χ0) is 13.1. The molecule has 0 spiro atoms. The van der Waals surface area contributed by atoms with Crippen LogP contribution >= 0.6 is 11.3 Å². The number of nitrogens with one attached hydrogen (secondary N) is 1. The van der Waals surface area contributed by atoms with E-state index >= 15 is 0 Å². The molecule has 1 saturated heterocycles. The number of carbonyl (C=O) groups is 1. The largest absolute Gasteiger partial charge is 0.391 e. The molecule has 0 radical (unpaired) electrons. The topological polar surface area (TPSA) is 78.4 Å². The van der Waals surface area contributed by atoms with Crippen LogP contribution in [0.15, 0.2) is 0 Å². The zero-order valence-electron chi connectivity index (χ0n) is 10.6. The highest BCUT2D eigenvalue weighted by Gasteiger charge is 2.25. The molecule has 6 nitrogen and oxygen atoms in total. The van der Waals surface area contributed by atoms with Gasteiger partial charge in [0, 0.05) is 19.5 Å². The highest BCUT2D eigenvalue weighted by Crippen LogP contribution is 2.19. The van der Waals surface area contributed by atoms with Crippen LogP contribution in [0.2, 0.25) is 0 Å². The molecule has 0 aliphatic carbocycles. The quantitative estimate of drug-likeness (QED) is 0.868. The fourth-order valence-corrected chi connectivity index (χ4v) is 2.77. The van der Waals surface area contributed by atoms with Crippen LogP contribution in [0.3, 0.4) is 0 Å². The van der Waals surface area contributed by atoms with E-state index in [0.717, 1.165) is 11.4 Å². The van der Waals surface area contributed by atoms with Gasteiger partial charge in [0.1, 0.15) is 5.01 Å². The number of aromatic nitrogens is 2. The molecule has 0 bridgehead atoms. The van der Waals surface area contributed by atoms with Crippen LogP contribution in [0.5, 0.6) is 0 Å². The molecule has 1 fully saturated rings. The smallest absolute Gasteiger partial charge is 0.323 e. The highest BCUT2D eigenvalue weighted by molar-refractivity contribution is 7.15. The molecule has 2 N–H and O–H groups in total. The van der Waals surface area contributed by atoms with Gasteiger partial charge in [-0.25, -0.2) is 4.79 Å². The average molecular weight is 270 g/mol. The number of rotatable bonds is 3. The fraction of sp³-hybridized carbons (Fsp3) is 0.727. The first-order valence-corrected chi connectivity index (χ1v) is 6.92. The molecule has 1 aromatic heterocycles. The Hall–Kier alpha value is -1.21. The Labute approximate surface area is 110 Å². The summed E-state index contributed by atoms with van der Waals surface area (Å²) in [5, 5.41) is 21.5. The van der Waals surface area contributed by atoms with Crippen LogP contribution in [0, 0.1) is 5.92 Å². The van der Waals surface area contributed by atoms with Crippen LogP contribution in [0.1, 0.15) is 25.3 Å². The van der Waals surface area contributed by atoms with E-state index in [-0.39, 0.29) is 6.03 Å². The second-order valence-electron chi connectivity index (χ2n) is 4.92. The number of aliphatic hydroxyl groups is 1. The lowest BCUT2D eigenvalue weighted by atomic mass is 10.1. The number of β-amino-alcohol motifs (C(OH)–C–C–N with tert-alkyl or cyclic N) is 1. The number of carbonyl (C=O) groups excluding carboxylic acids is 1. The van der Waals surface area contributed by atoms with Gasteiger partial charge in [-0.3, -0.25) is 5.32 Å². The van der Waals surface area contributed by atoms with Crippen LogP contribution < -0.4 is 5.32 Å². The van der Waals surface area contributed by atoms with E-state index < -0.39 is 6.10 Å². The summed E-state index contributed by atoms with van der Waals surface area (Å²) in [6.07, 6.45) is 1.11. The lowest BCUT2D eigenvalue weighted by molar-refractivity contribution is 0.176. The van der Waals surface area contributed by atoms with Gasteiger partial charge in [0.15, 0.2) is 0 Å². The molecule has 18 heavy (non-hydrogen) atoms. The molecule has 1 aliphatic rings. The van der Waals surface area contributed by atoms with E-state index in [1.165, 1.54) is 11.3 Å². The van der Waals surface area contributed by atoms with E-state index in [9.17, 15) is 9.90 Å². The third-order valence-corrected chi connectivity index (χ3v) is 3.58. The van der Waals surface area contributed by atoms with Gasteiger partial charge in [0.05, 0.1) is 6.10 Å². The SMILES string of the molecule is CC(C)Cc1nnc(NC(=O)N2CC[C@H](O)C2)s1. The summed E-state index contributed by atoms with van der Waals surface area (Å²) < 4.78 is 0. The third kappa shape index (κ3) is 3.39. The maximum Gasteiger partial charge on any atom is 0.323 e. The predicted octanol–water partition coefficient (Wildman–Crippen LogP) is 1.34. The van der Waals surface area contributed by atoms with Crippen molar-refractivity contribution < 1.29 is 9.90 Å². The van der Waals surface area contributed by atoms with Gasteiger partial charge < -0.3 is 10.0 Å². The predicted molar refractivity (Wildman–Crippen MR) is 69.7 cm³/mol. The number of aliphatic hydroxyl groups excluding tert-OH is 1. The van der Waals surface area contributed by atoms with E-state index in [1.807, 2.05) is 0 Å². The van der Waals surface area contributed by atoms with E-state index in [4.69, 9.17) is 0 Å². The van der Waals surface area contributed by atoms with Gasteiger partial charge >= 0.3 is 6.03 Å². The Morgan fingerprint density at radius 1 is 1.61 bits per heavy atom. The van der Waals surface area contributed by atoms with E-state index in [0.29, 0.717) is 30.6 Å². The number of hydrogen-bond donors (Lipinski definition) is 2. The van der Waals surface area contributed by atoms with Crippen molar-refractivity contribution in [2.45, 2.75) is 32.8 Å². The van der Waals surface area contributed by atoms with Gasteiger partial charge in [0.25, 0.3) is 0 Å². The summed E-state index contributed by atoms with van der Waals surface area (Å²) >= 11 is 1.41. The Morgan fingerprint density at radius 3 is 3.00 bits per heavy atom. The number of hydrogen-bond acceptors (Lipinski definition) is 5. The van der Waals surface area contributed by atoms with E-state index in [1.54, 1.807) is 4.90 Å². The Morgan fingerprint density at radius 2 is 2.39 bits per heavy atom. The molecule has 0 unspecified atom stereocenters. The van der Waals surface area contributed by atoms with Crippen molar-refractivity contribution >= 4 is 22.5 Å². The van der Waals surface area contributed by atoms with Crippen molar-refractivity contribution in [2.24, 2.45) is 5.92 Å². The minimum absolute atomic E-state index is 0.209. The number of anilines is 1. The molecule has 7 heteroatoms. The van der Waals surface area contributed by atoms with Crippen LogP contribution in [-0.4, -0.2) is 45.4 Å². The molecular weight excluding hydrogens is 252 g/mol. The Kier molecular flexibility index (Phi) is 4.13. The molecule has 1 aromatic rings. The number of nitrogens with zero attached hydrogens (tertiary/aromatic N) is 3. The molecule has 0 saturated carbocycles. The summed E-state index contributed by atoms with van der Waals surface area (Å²) in [5.41, 5.74) is 0.